The van der Waals surface area contributed by atoms with E-state index < -0.39 is 11.8 Å². The van der Waals surface area contributed by atoms with Crippen molar-refractivity contribution in [1.29, 1.82) is 0 Å². The van der Waals surface area contributed by atoms with Crippen molar-refractivity contribution in [2.45, 2.75) is 20.3 Å². The van der Waals surface area contributed by atoms with Gasteiger partial charge in [-0.1, -0.05) is 26.0 Å². The summed E-state index contributed by atoms with van der Waals surface area (Å²) < 4.78 is 10.5. The summed E-state index contributed by atoms with van der Waals surface area (Å²) in [6.07, 6.45) is 0.416. The van der Waals surface area contributed by atoms with Crippen LogP contribution in [0.25, 0.3) is 0 Å². The van der Waals surface area contributed by atoms with Crippen LogP contribution in [0.4, 0.5) is 5.69 Å². The molecule has 176 valence electrons. The number of amides is 3. The average molecular weight is 473 g/mol. The lowest BCUT2D eigenvalue weighted by molar-refractivity contribution is -0.116. The first-order valence-electron chi connectivity index (χ1n) is 10.3. The number of rotatable bonds is 9. The quantitative estimate of drug-likeness (QED) is 0.252. The first-order valence-corrected chi connectivity index (χ1v) is 10.7. The third-order valence-corrected chi connectivity index (χ3v) is 4.42. The fraction of sp³-hybridized carbons (Fsp3) is 0.304. The number of hydrogen-bond acceptors (Lipinski definition) is 6. The largest absolute Gasteiger partial charge is 0.490 e. The van der Waals surface area contributed by atoms with E-state index in [1.54, 1.807) is 55.6 Å². The third-order valence-electron chi connectivity index (χ3n) is 4.22. The monoisotopic (exact) mass is 472 g/mol. The molecule has 0 aliphatic carbocycles. The number of methoxy groups -OCH3 is 1. The maximum Gasteiger partial charge on any atom is 0.269 e. The van der Waals surface area contributed by atoms with Crippen molar-refractivity contribution in [3.63, 3.8) is 0 Å². The fourth-order valence-electron chi connectivity index (χ4n) is 2.69. The number of ether oxygens (including phenoxy) is 2. The Labute approximate surface area is 198 Å². The van der Waals surface area contributed by atoms with Gasteiger partial charge < -0.3 is 14.8 Å². The summed E-state index contributed by atoms with van der Waals surface area (Å²) in [5, 5.41) is 5.18. The molecule has 0 bridgehead atoms. The number of nitrogens with one attached hydrogen (secondary N) is 4. The van der Waals surface area contributed by atoms with Crippen molar-refractivity contribution in [3.8, 4) is 5.75 Å². The Morgan fingerprint density at radius 1 is 0.939 bits per heavy atom. The van der Waals surface area contributed by atoms with Crippen LogP contribution in [0.2, 0.25) is 0 Å². The zero-order valence-corrected chi connectivity index (χ0v) is 19.6. The van der Waals surface area contributed by atoms with E-state index in [2.05, 4.69) is 21.5 Å². The van der Waals surface area contributed by atoms with Crippen LogP contribution in [-0.4, -0.2) is 43.2 Å². The summed E-state index contributed by atoms with van der Waals surface area (Å²) in [6.45, 7) is 4.60. The topological polar surface area (TPSA) is 118 Å². The van der Waals surface area contributed by atoms with E-state index in [-0.39, 0.29) is 16.9 Å². The van der Waals surface area contributed by atoms with E-state index in [9.17, 15) is 14.4 Å². The van der Waals surface area contributed by atoms with Crippen molar-refractivity contribution in [2.75, 3.05) is 25.6 Å². The molecule has 0 aliphatic rings. The average Bonchev–Trinajstić information content (AvgIpc) is 2.78. The standard InChI is InChI=1S/C23H28N4O5S/c1-15(2)14-20(28)24-17-10-8-16(9-11-17)21(29)26-27-23(33)25-22(30)18-6-4-5-7-19(18)32-13-12-31-3/h4-11,15H,12-14H2,1-3H3,(H,24,28)(H,26,29)(H2,25,27,30,33). The normalized spacial score (nSPS) is 10.3. The van der Waals surface area contributed by atoms with Crippen LogP contribution in [0.1, 0.15) is 41.0 Å². The Balaban J connectivity index is 1.85. The Morgan fingerprint density at radius 3 is 2.30 bits per heavy atom. The second kappa shape index (κ2) is 13.1. The van der Waals surface area contributed by atoms with Crippen molar-refractivity contribution in [2.24, 2.45) is 5.92 Å². The Kier molecular flexibility index (Phi) is 10.3. The number of benzene rings is 2. The Bertz CT molecular complexity index is 979. The van der Waals surface area contributed by atoms with E-state index in [0.717, 1.165) is 0 Å². The third kappa shape index (κ3) is 8.87. The van der Waals surface area contributed by atoms with Gasteiger partial charge in [0.15, 0.2) is 5.11 Å². The molecule has 10 heteroatoms. The number of thiocarbonyl (C=S) groups is 1. The summed E-state index contributed by atoms with van der Waals surface area (Å²) in [5.74, 6) is -0.400. The number of anilines is 1. The van der Waals surface area contributed by atoms with Crippen LogP contribution < -0.4 is 26.2 Å². The van der Waals surface area contributed by atoms with Crippen molar-refractivity contribution >= 4 is 40.7 Å². The van der Waals surface area contributed by atoms with E-state index >= 15 is 0 Å². The van der Waals surface area contributed by atoms with Gasteiger partial charge >= 0.3 is 0 Å². The van der Waals surface area contributed by atoms with Gasteiger partial charge in [0.1, 0.15) is 12.4 Å². The molecule has 2 rings (SSSR count). The minimum atomic E-state index is -0.490. The first-order chi connectivity index (χ1) is 15.8. The molecule has 4 N–H and O–H groups in total. The second-order valence-corrected chi connectivity index (χ2v) is 7.83. The summed E-state index contributed by atoms with van der Waals surface area (Å²) >= 11 is 5.08. The summed E-state index contributed by atoms with van der Waals surface area (Å²) in [6, 6.07) is 13.1. The predicted octanol–water partition coefficient (Wildman–Crippen LogP) is 2.65. The molecular weight excluding hydrogens is 444 g/mol. The van der Waals surface area contributed by atoms with Gasteiger partial charge in [-0.05, 0) is 54.5 Å². The number of carbonyl (C=O) groups excluding carboxylic acids is 3. The number of hydrogen-bond donors (Lipinski definition) is 4. The molecule has 0 saturated carbocycles. The lowest BCUT2D eigenvalue weighted by Crippen LogP contribution is -2.48. The molecule has 3 amide bonds. The van der Waals surface area contributed by atoms with Gasteiger partial charge in [-0.3, -0.25) is 30.6 Å². The SMILES string of the molecule is COCCOc1ccccc1C(=O)NC(=S)NNC(=O)c1ccc(NC(=O)CC(C)C)cc1. The van der Waals surface area contributed by atoms with Gasteiger partial charge in [0.25, 0.3) is 11.8 Å². The molecule has 0 aromatic heterocycles. The molecule has 9 nitrogen and oxygen atoms in total. The number of para-hydroxylation sites is 1. The zero-order chi connectivity index (χ0) is 24.2. The minimum absolute atomic E-state index is 0.0855. The lowest BCUT2D eigenvalue weighted by Gasteiger charge is -2.13. The highest BCUT2D eigenvalue weighted by molar-refractivity contribution is 7.80. The van der Waals surface area contributed by atoms with Crippen LogP contribution in [0.5, 0.6) is 5.75 Å². The molecule has 0 unspecified atom stereocenters. The molecule has 0 fully saturated rings. The molecule has 2 aromatic rings. The van der Waals surface area contributed by atoms with Gasteiger partial charge in [0.2, 0.25) is 5.91 Å². The smallest absolute Gasteiger partial charge is 0.269 e. The van der Waals surface area contributed by atoms with Gasteiger partial charge in [-0.25, -0.2) is 0 Å². The lowest BCUT2D eigenvalue weighted by atomic mass is 10.1. The van der Waals surface area contributed by atoms with Gasteiger partial charge in [0, 0.05) is 24.8 Å². The summed E-state index contributed by atoms with van der Waals surface area (Å²) in [5.41, 5.74) is 6.14. The van der Waals surface area contributed by atoms with Crippen LogP contribution in [0.3, 0.4) is 0 Å². The Hall–Kier alpha value is -3.50. The first kappa shape index (κ1) is 25.8. The molecule has 2 aromatic carbocycles. The van der Waals surface area contributed by atoms with Crippen LogP contribution in [-0.2, 0) is 9.53 Å². The molecular formula is C23H28N4O5S. The zero-order valence-electron chi connectivity index (χ0n) is 18.8. The van der Waals surface area contributed by atoms with E-state index in [1.165, 1.54) is 0 Å². The van der Waals surface area contributed by atoms with Crippen LogP contribution >= 0.6 is 12.2 Å². The van der Waals surface area contributed by atoms with Crippen LogP contribution in [0, 0.1) is 5.92 Å². The fourth-order valence-corrected chi connectivity index (χ4v) is 2.83. The molecule has 0 radical (unpaired) electrons. The van der Waals surface area contributed by atoms with E-state index in [0.29, 0.717) is 42.2 Å². The van der Waals surface area contributed by atoms with Crippen molar-refractivity contribution < 1.29 is 23.9 Å². The van der Waals surface area contributed by atoms with E-state index in [4.69, 9.17) is 21.7 Å². The van der Waals surface area contributed by atoms with Gasteiger partial charge in [-0.15, -0.1) is 0 Å². The molecule has 0 heterocycles. The molecule has 0 atom stereocenters. The maximum atomic E-state index is 12.5. The predicted molar refractivity (Wildman–Crippen MR) is 129 cm³/mol. The summed E-state index contributed by atoms with van der Waals surface area (Å²) in [4.78, 5) is 36.7. The molecule has 0 spiro atoms. The van der Waals surface area contributed by atoms with Crippen LogP contribution in [0.15, 0.2) is 48.5 Å². The highest BCUT2D eigenvalue weighted by atomic mass is 32.1. The highest BCUT2D eigenvalue weighted by Crippen LogP contribution is 2.17. The molecule has 0 saturated heterocycles. The minimum Gasteiger partial charge on any atom is -0.490 e. The van der Waals surface area contributed by atoms with E-state index in [1.807, 2.05) is 13.8 Å². The highest BCUT2D eigenvalue weighted by Gasteiger charge is 2.14. The second-order valence-electron chi connectivity index (χ2n) is 7.42. The number of hydrazine groups is 1. The van der Waals surface area contributed by atoms with Crippen molar-refractivity contribution in [1.82, 2.24) is 16.2 Å². The number of carbonyl (C=O) groups is 3. The van der Waals surface area contributed by atoms with Gasteiger partial charge in [-0.2, -0.15) is 0 Å². The van der Waals surface area contributed by atoms with Crippen molar-refractivity contribution in [3.05, 3.63) is 59.7 Å². The van der Waals surface area contributed by atoms with Gasteiger partial charge in [0.05, 0.1) is 12.2 Å². The maximum absolute atomic E-state index is 12.5. The Morgan fingerprint density at radius 2 is 1.64 bits per heavy atom. The molecule has 33 heavy (non-hydrogen) atoms. The molecule has 0 aliphatic heterocycles. The summed E-state index contributed by atoms with van der Waals surface area (Å²) in [7, 11) is 1.56.